The number of amides is 2. The molecule has 42 heavy (non-hydrogen) atoms. The van der Waals surface area contributed by atoms with Crippen molar-refractivity contribution < 1.29 is 18.0 Å². The van der Waals surface area contributed by atoms with Crippen molar-refractivity contribution in [2.45, 2.75) is 72.0 Å². The van der Waals surface area contributed by atoms with E-state index in [0.717, 1.165) is 33.1 Å². The minimum absolute atomic E-state index is 0.0418. The number of rotatable bonds is 14. The van der Waals surface area contributed by atoms with Crippen molar-refractivity contribution in [1.82, 2.24) is 10.2 Å². The van der Waals surface area contributed by atoms with Gasteiger partial charge in [0.25, 0.3) is 0 Å². The minimum Gasteiger partial charge on any atom is -0.352 e. The Labute approximate surface area is 259 Å². The number of halogens is 1. The van der Waals surface area contributed by atoms with Gasteiger partial charge in [0.15, 0.2) is 0 Å². The van der Waals surface area contributed by atoms with Crippen LogP contribution in [0.25, 0.3) is 0 Å². The van der Waals surface area contributed by atoms with Gasteiger partial charge >= 0.3 is 0 Å². The second-order valence-corrected chi connectivity index (χ2v) is 13.7. The van der Waals surface area contributed by atoms with Gasteiger partial charge in [-0.1, -0.05) is 71.4 Å². The van der Waals surface area contributed by atoms with Crippen LogP contribution in [0.15, 0.2) is 77.3 Å². The van der Waals surface area contributed by atoms with Crippen molar-refractivity contribution in [2.24, 2.45) is 0 Å². The first-order chi connectivity index (χ1) is 19.9. The zero-order valence-electron chi connectivity index (χ0n) is 25.1. The van der Waals surface area contributed by atoms with Crippen molar-refractivity contribution in [1.29, 1.82) is 0 Å². The van der Waals surface area contributed by atoms with Gasteiger partial charge in [-0.2, -0.15) is 0 Å². The van der Waals surface area contributed by atoms with Crippen molar-refractivity contribution in [3.05, 3.63) is 99.5 Å². The second-order valence-electron chi connectivity index (χ2n) is 10.9. The molecule has 0 saturated carbocycles. The Balaban J connectivity index is 1.90. The van der Waals surface area contributed by atoms with E-state index in [0.29, 0.717) is 18.5 Å². The van der Waals surface area contributed by atoms with Gasteiger partial charge in [0.05, 0.1) is 11.9 Å². The van der Waals surface area contributed by atoms with Crippen LogP contribution in [0, 0.1) is 13.8 Å². The average molecular weight is 657 g/mol. The average Bonchev–Trinajstić information content (AvgIpc) is 2.94. The summed E-state index contributed by atoms with van der Waals surface area (Å²) in [6.45, 7) is 8.28. The van der Waals surface area contributed by atoms with Crippen LogP contribution in [0.4, 0.5) is 5.69 Å². The molecule has 0 saturated heterocycles. The zero-order chi connectivity index (χ0) is 30.9. The molecule has 0 bridgehead atoms. The smallest absolute Gasteiger partial charge is 0.243 e. The predicted molar refractivity (Wildman–Crippen MR) is 174 cm³/mol. The molecule has 1 N–H and O–H groups in total. The normalized spacial score (nSPS) is 12.8. The highest BCUT2D eigenvalue weighted by molar-refractivity contribution is 9.10. The Morgan fingerprint density at radius 2 is 1.62 bits per heavy atom. The van der Waals surface area contributed by atoms with Crippen molar-refractivity contribution in [3.63, 3.8) is 0 Å². The molecule has 226 valence electrons. The molecule has 0 radical (unpaired) electrons. The number of aryl methyl sites for hydroxylation is 2. The number of anilines is 1. The summed E-state index contributed by atoms with van der Waals surface area (Å²) < 4.78 is 27.7. The Morgan fingerprint density at radius 3 is 2.24 bits per heavy atom. The quantitative estimate of drug-likeness (QED) is 0.225. The highest BCUT2D eigenvalue weighted by Crippen LogP contribution is 2.23. The van der Waals surface area contributed by atoms with Gasteiger partial charge in [0.2, 0.25) is 21.8 Å². The third-order valence-corrected chi connectivity index (χ3v) is 9.13. The molecule has 0 unspecified atom stereocenters. The first-order valence-electron chi connectivity index (χ1n) is 14.3. The van der Waals surface area contributed by atoms with E-state index in [9.17, 15) is 18.0 Å². The number of hydrogen-bond acceptors (Lipinski definition) is 4. The summed E-state index contributed by atoms with van der Waals surface area (Å²) in [5.74, 6) is -0.409. The highest BCUT2D eigenvalue weighted by atomic mass is 79.9. The van der Waals surface area contributed by atoms with Crippen LogP contribution in [0.5, 0.6) is 0 Å². The van der Waals surface area contributed by atoms with Gasteiger partial charge in [-0.05, 0) is 80.1 Å². The maximum Gasteiger partial charge on any atom is 0.243 e. The molecule has 2 atom stereocenters. The molecule has 0 fully saturated rings. The summed E-state index contributed by atoms with van der Waals surface area (Å²) in [5.41, 5.74) is 4.49. The first kappa shape index (κ1) is 33.3. The third kappa shape index (κ3) is 9.70. The van der Waals surface area contributed by atoms with Crippen LogP contribution in [-0.4, -0.2) is 50.0 Å². The summed E-state index contributed by atoms with van der Waals surface area (Å²) >= 11 is 3.51. The Morgan fingerprint density at radius 1 is 0.929 bits per heavy atom. The summed E-state index contributed by atoms with van der Waals surface area (Å²) in [7, 11) is -3.57. The molecule has 0 aromatic heterocycles. The van der Waals surface area contributed by atoms with Crippen LogP contribution in [0.1, 0.15) is 55.4 Å². The van der Waals surface area contributed by atoms with Crippen LogP contribution in [0.3, 0.4) is 0 Å². The molecule has 9 heteroatoms. The van der Waals surface area contributed by atoms with E-state index < -0.39 is 16.1 Å². The zero-order valence-corrected chi connectivity index (χ0v) is 27.5. The van der Waals surface area contributed by atoms with Crippen LogP contribution >= 0.6 is 15.9 Å². The molecule has 0 aliphatic heterocycles. The van der Waals surface area contributed by atoms with Crippen molar-refractivity contribution >= 4 is 43.5 Å². The number of nitrogens with zero attached hydrogens (tertiary/aromatic N) is 2. The monoisotopic (exact) mass is 655 g/mol. The number of hydrogen-bond donors (Lipinski definition) is 1. The SMILES string of the molecule is CC[C@H](C)NC(=O)[C@@H](Cc1ccccc1)N(Cc1cccc(Br)c1)C(=O)CCCN(c1ccc(C)c(C)c1)S(C)(=O)=O. The van der Waals surface area contributed by atoms with Gasteiger partial charge < -0.3 is 10.2 Å². The van der Waals surface area contributed by atoms with Crippen LogP contribution in [-0.2, 0) is 32.6 Å². The Hall–Kier alpha value is -3.17. The topological polar surface area (TPSA) is 86.8 Å². The standard InChI is InChI=1S/C33H42BrN3O4S/c1-6-26(4)35-33(39)31(22-27-12-8-7-9-13-27)36(23-28-14-10-15-29(34)21-28)32(38)16-11-19-37(42(5,40)41)30-18-17-24(2)25(3)20-30/h7-10,12-15,17-18,20-21,26,31H,6,11,16,19,22-23H2,1-5H3,(H,35,39)/t26-,31+/m0/s1. The lowest BCUT2D eigenvalue weighted by atomic mass is 10.0. The fourth-order valence-corrected chi connectivity index (χ4v) is 6.12. The maximum absolute atomic E-state index is 14.0. The molecule has 3 aromatic carbocycles. The lowest BCUT2D eigenvalue weighted by Gasteiger charge is -2.33. The van der Waals surface area contributed by atoms with E-state index in [2.05, 4.69) is 21.2 Å². The van der Waals surface area contributed by atoms with Crippen molar-refractivity contribution in [2.75, 3.05) is 17.1 Å². The van der Waals surface area contributed by atoms with Crippen molar-refractivity contribution in [3.8, 4) is 0 Å². The molecule has 0 aliphatic rings. The van der Waals surface area contributed by atoms with E-state index in [1.165, 1.54) is 10.6 Å². The van der Waals surface area contributed by atoms with E-state index in [1.807, 2.05) is 94.4 Å². The first-order valence-corrected chi connectivity index (χ1v) is 17.0. The second kappa shape index (κ2) is 15.3. The fourth-order valence-electron chi connectivity index (χ4n) is 4.71. The lowest BCUT2D eigenvalue weighted by molar-refractivity contribution is -0.141. The lowest BCUT2D eigenvalue weighted by Crippen LogP contribution is -2.52. The molecular formula is C33H42BrN3O4S. The molecule has 0 spiro atoms. The third-order valence-electron chi connectivity index (χ3n) is 7.44. The van der Waals surface area contributed by atoms with Gasteiger partial charge in [0, 0.05) is 36.4 Å². The fraction of sp³-hybridized carbons (Fsp3) is 0.394. The number of nitrogens with one attached hydrogen (secondary N) is 1. The molecule has 3 rings (SSSR count). The summed E-state index contributed by atoms with van der Waals surface area (Å²) in [6.07, 6.45) is 2.70. The largest absolute Gasteiger partial charge is 0.352 e. The van der Waals surface area contributed by atoms with Gasteiger partial charge in [-0.3, -0.25) is 13.9 Å². The van der Waals surface area contributed by atoms with Crippen LogP contribution in [0.2, 0.25) is 0 Å². The van der Waals surface area contributed by atoms with Gasteiger partial charge in [0.1, 0.15) is 6.04 Å². The summed E-state index contributed by atoms with van der Waals surface area (Å²) in [4.78, 5) is 29.3. The summed E-state index contributed by atoms with van der Waals surface area (Å²) in [6, 6.07) is 22.1. The molecule has 0 aliphatic carbocycles. The number of carbonyl (C=O) groups excluding carboxylic acids is 2. The van der Waals surface area contributed by atoms with E-state index >= 15 is 0 Å². The number of sulfonamides is 1. The molecular weight excluding hydrogens is 614 g/mol. The molecule has 0 heterocycles. The molecule has 2 amide bonds. The Bertz CT molecular complexity index is 1460. The maximum atomic E-state index is 14.0. The highest BCUT2D eigenvalue weighted by Gasteiger charge is 2.31. The van der Waals surface area contributed by atoms with Gasteiger partial charge in [-0.15, -0.1) is 0 Å². The molecule has 7 nitrogen and oxygen atoms in total. The number of benzene rings is 3. The van der Waals surface area contributed by atoms with E-state index in [1.54, 1.807) is 11.0 Å². The van der Waals surface area contributed by atoms with Crippen LogP contribution < -0.4 is 9.62 Å². The number of carbonyl (C=O) groups is 2. The van der Waals surface area contributed by atoms with E-state index in [4.69, 9.17) is 0 Å². The molecule has 3 aromatic rings. The predicted octanol–water partition coefficient (Wildman–Crippen LogP) is 6.17. The van der Waals surface area contributed by atoms with E-state index in [-0.39, 0.29) is 37.4 Å². The summed E-state index contributed by atoms with van der Waals surface area (Å²) in [5, 5.41) is 3.08. The Kier molecular flexibility index (Phi) is 12.2. The van der Waals surface area contributed by atoms with Gasteiger partial charge in [-0.25, -0.2) is 8.42 Å². The minimum atomic E-state index is -3.57.